The highest BCUT2D eigenvalue weighted by molar-refractivity contribution is 9.10. The number of aryl methyl sites for hydroxylation is 8. The average Bonchev–Trinajstić information content (AvgIpc) is 1.75. The summed E-state index contributed by atoms with van der Waals surface area (Å²) in [6.07, 6.45) is 20.0. The van der Waals surface area contributed by atoms with Crippen LogP contribution in [0.15, 0.2) is 180 Å². The van der Waals surface area contributed by atoms with E-state index in [1.165, 1.54) is 55.5 Å². The molecule has 10 fully saturated rings. The number of hydrogen-bond donors (Lipinski definition) is 4. The van der Waals surface area contributed by atoms with Crippen molar-refractivity contribution in [3.63, 3.8) is 0 Å². The van der Waals surface area contributed by atoms with E-state index in [1.54, 1.807) is 12.1 Å². The molecule has 14 aromatic rings. The maximum atomic E-state index is 13.7. The number of carbonyl (C=O) groups excluding carboxylic acids is 1. The fourth-order valence-corrected chi connectivity index (χ4v) is 17.9. The number of aromatic nitrogens is 20. The predicted molar refractivity (Wildman–Crippen MR) is 502 cm³/mol. The average molecular weight is 1880 g/mol. The van der Waals surface area contributed by atoms with Crippen LogP contribution in [0, 0.1) is 67.0 Å². The third-order valence-corrected chi connectivity index (χ3v) is 25.8. The molecule has 24 rings (SSSR count). The first-order chi connectivity index (χ1) is 62.5. The molecule has 0 aliphatic carbocycles. The molecule has 0 amide bonds. The van der Waals surface area contributed by atoms with Crippen LogP contribution in [0.2, 0.25) is 0 Å². The second-order valence-corrected chi connectivity index (χ2v) is 37.2. The van der Waals surface area contributed by atoms with Gasteiger partial charge in [0, 0.05) is 224 Å². The molecule has 0 saturated carbocycles. The minimum Gasteiger partial charge on any atom is -0.399 e. The van der Waals surface area contributed by atoms with Crippen LogP contribution in [-0.2, 0) is 41.7 Å². The highest BCUT2D eigenvalue weighted by atomic mass is 79.9. The summed E-state index contributed by atoms with van der Waals surface area (Å²) < 4.78 is 40.3. The van der Waals surface area contributed by atoms with Crippen LogP contribution in [0.3, 0.4) is 0 Å². The van der Waals surface area contributed by atoms with Gasteiger partial charge in [0.05, 0.1) is 63.5 Å². The second kappa shape index (κ2) is 38.9. The van der Waals surface area contributed by atoms with Crippen LogP contribution in [-0.4, -0.2) is 210 Å². The van der Waals surface area contributed by atoms with Gasteiger partial charge in [0.15, 0.2) is 23.8 Å². The number of aldehydes is 1. The number of piperidine rings is 3. The Kier molecular flexibility index (Phi) is 26.8. The second-order valence-electron chi connectivity index (χ2n) is 35.6. The number of halogens is 4. The Bertz CT molecular complexity index is 6260. The van der Waals surface area contributed by atoms with Crippen LogP contribution in [0.1, 0.15) is 148 Å². The van der Waals surface area contributed by atoms with Crippen molar-refractivity contribution in [2.75, 3.05) is 54.0 Å². The largest absolute Gasteiger partial charge is 0.496 e. The van der Waals surface area contributed by atoms with E-state index < -0.39 is 18.3 Å². The standard InChI is InChI=1S/C32H32FN9.C26H27BrN8.C20H23N7.C12H17BFNO2.C6H4BrNO/c1-19-8-25(11-26-9-20(2)39-40-26)38-32(37-19)23-5-7-31(36-14-23)41-17-27-12-28(18-41)42(27)16-22-4-6-30(35-13-22)29-10-24(33)15-34-21(29)3;1-16-7-20(9-21-8-17(2)32-33-21)31-26(30-16)19-4-6-25(29-12-19)34-14-22-10-23(15-34)35(22)13-18-3-5-24(27)28-11-18;1-12-5-15(7-16-6-13(2)25-26-16)24-20(22-12)14-3-4-19(21-9-14)27-10-17-8-18(11-27)23-17;1-8-10(6-9(14)7-15-8)13-16-11(2,3)12(4,5)17-13;7-6-2-1-5(4-9)3-8-6/h4-10,13-15,27-28H,11-12,16-18H2,1-3H3,(H,39,40);3-8,11-12,22-23H,9-10,13-15H2,1-2H3,(H,32,33);3-6,9,17-18,23H,7-8,10-11H2,1-2H3,(H,25,26);6-7H,1-5H3;1-4H. The first kappa shape index (κ1) is 89.8. The molecule has 6 atom stereocenters. The SMILES string of the molecule is Cc1cc(Cc2cc(C)[nH]n2)nc(-c2ccc(N3CC4CC(C3)N4)nc2)n1.Cc1cc(Cc2cc(C)[nH]n2)nc(-c2ccc(N3CC4CC(C3)N4Cc3ccc(-c4cc(F)cnc4C)nc3)nc2)n1.Cc1cc(Cc2cc(C)[nH]n2)nc(-c2ccc(N3CC4CC(C3)N4Cc3ccc(Br)nc3)nc2)n1.Cc1ncc(F)cc1B1OC(C)(C)C(C)(C)O1.O=Cc1ccc(Br)nc1. The van der Waals surface area contributed by atoms with E-state index in [-0.39, 0.29) is 11.6 Å². The van der Waals surface area contributed by atoms with Gasteiger partial charge in [-0.3, -0.25) is 44.8 Å². The third-order valence-electron chi connectivity index (χ3n) is 24.8. The molecule has 6 unspecified atom stereocenters. The van der Waals surface area contributed by atoms with Crippen LogP contribution in [0.5, 0.6) is 0 Å². The van der Waals surface area contributed by atoms with Crippen molar-refractivity contribution < 1.29 is 22.9 Å². The highest BCUT2D eigenvalue weighted by Crippen LogP contribution is 2.40. The maximum Gasteiger partial charge on any atom is 0.496 e. The predicted octanol–water partition coefficient (Wildman–Crippen LogP) is 14.4. The molecule has 10 aliphatic rings. The van der Waals surface area contributed by atoms with Crippen LogP contribution in [0.4, 0.5) is 26.2 Å². The fraction of sp³-hybridized carbons (Fsp3) is 0.354. The van der Waals surface area contributed by atoms with Crippen molar-refractivity contribution >= 4 is 68.2 Å². The fourth-order valence-electron chi connectivity index (χ4n) is 17.4. The van der Waals surface area contributed by atoms with E-state index in [1.807, 2.05) is 163 Å². The van der Waals surface area contributed by atoms with E-state index >= 15 is 0 Å². The van der Waals surface area contributed by atoms with Gasteiger partial charge < -0.3 is 29.3 Å². The van der Waals surface area contributed by atoms with Gasteiger partial charge in [0.25, 0.3) is 0 Å². The van der Waals surface area contributed by atoms with Crippen molar-refractivity contribution in [1.29, 1.82) is 0 Å². The summed E-state index contributed by atoms with van der Waals surface area (Å²) in [4.78, 5) is 85.8. The zero-order valence-electron chi connectivity index (χ0n) is 74.8. The Morgan fingerprint density at radius 3 is 1.19 bits per heavy atom. The van der Waals surface area contributed by atoms with Gasteiger partial charge in [-0.2, -0.15) is 15.3 Å². The smallest absolute Gasteiger partial charge is 0.399 e. The minimum absolute atomic E-state index is 0.350. The number of rotatable bonds is 19. The zero-order valence-corrected chi connectivity index (χ0v) is 77.9. The number of nitrogens with zero attached hydrogens (tertiary/aromatic N) is 22. The lowest BCUT2D eigenvalue weighted by Gasteiger charge is -2.56. The van der Waals surface area contributed by atoms with E-state index in [2.05, 4.69) is 186 Å². The van der Waals surface area contributed by atoms with Crippen molar-refractivity contribution in [2.45, 2.75) is 182 Å². The van der Waals surface area contributed by atoms with Gasteiger partial charge in [-0.15, -0.1) is 0 Å². The van der Waals surface area contributed by atoms with Crippen LogP contribution >= 0.6 is 31.9 Å². The number of H-pyrrole nitrogens is 3. The lowest BCUT2D eigenvalue weighted by Crippen LogP contribution is -2.68. The Balaban J connectivity index is 0.000000122. The van der Waals surface area contributed by atoms with Gasteiger partial charge in [0.1, 0.15) is 38.3 Å². The summed E-state index contributed by atoms with van der Waals surface area (Å²) in [5.41, 5.74) is 20.4. The molecule has 666 valence electrons. The van der Waals surface area contributed by atoms with Crippen molar-refractivity contribution in [2.24, 2.45) is 0 Å². The summed E-state index contributed by atoms with van der Waals surface area (Å²) in [5, 5.41) is 25.5. The zero-order chi connectivity index (χ0) is 90.6. The third kappa shape index (κ3) is 21.6. The molecule has 0 spiro atoms. The number of piperazine rings is 3. The molecule has 34 heteroatoms. The van der Waals surface area contributed by atoms with Gasteiger partial charge >= 0.3 is 7.12 Å². The number of pyridine rings is 8. The molecule has 4 N–H and O–H groups in total. The number of nitrogens with one attached hydrogen (secondary N) is 4. The summed E-state index contributed by atoms with van der Waals surface area (Å²) in [5.74, 6) is 4.44. The highest BCUT2D eigenvalue weighted by Gasteiger charge is 2.53. The molecule has 10 saturated heterocycles. The summed E-state index contributed by atoms with van der Waals surface area (Å²) >= 11 is 6.56. The maximum absolute atomic E-state index is 13.7. The molecular weight excluding hydrogens is 1770 g/mol. The molecule has 0 aromatic carbocycles. The first-order valence-electron chi connectivity index (χ1n) is 43.8. The lowest BCUT2D eigenvalue weighted by molar-refractivity contribution is -0.00877. The summed E-state index contributed by atoms with van der Waals surface area (Å²) in [7, 11) is -0.553. The topological polar surface area (TPSA) is 330 Å². The Labute approximate surface area is 771 Å². The van der Waals surface area contributed by atoms with E-state index in [0.717, 1.165) is 204 Å². The molecule has 130 heavy (non-hydrogen) atoms. The summed E-state index contributed by atoms with van der Waals surface area (Å²) in [6.45, 7) is 31.3. The van der Waals surface area contributed by atoms with Crippen LogP contribution in [0.25, 0.3) is 45.4 Å². The van der Waals surface area contributed by atoms with E-state index in [9.17, 15) is 13.6 Å². The molecule has 6 bridgehead atoms. The number of anilines is 3. The van der Waals surface area contributed by atoms with Gasteiger partial charge in [-0.25, -0.2) is 63.6 Å². The molecule has 29 nitrogen and oxygen atoms in total. The number of carbonyl (C=O) groups is 1. The molecule has 10 aliphatic heterocycles. The number of aromatic amines is 3. The van der Waals surface area contributed by atoms with Gasteiger partial charge in [0.2, 0.25) is 0 Å². The monoisotopic (exact) mass is 1870 g/mol. The molecule has 0 radical (unpaired) electrons. The van der Waals surface area contributed by atoms with Gasteiger partial charge in [-0.1, -0.05) is 12.1 Å². The normalized spacial score (nSPS) is 19.0. The Morgan fingerprint density at radius 2 is 0.823 bits per heavy atom. The van der Waals surface area contributed by atoms with Crippen LogP contribution < -0.4 is 25.5 Å². The first-order valence-corrected chi connectivity index (χ1v) is 45.3. The quantitative estimate of drug-likeness (QED) is 0.0332. The van der Waals surface area contributed by atoms with Crippen molar-refractivity contribution in [1.82, 2.24) is 115 Å². The van der Waals surface area contributed by atoms with E-state index in [0.29, 0.717) is 78.2 Å². The Morgan fingerprint density at radius 1 is 0.423 bits per heavy atom. The molecule has 14 aromatic heterocycles. The van der Waals surface area contributed by atoms with Crippen molar-refractivity contribution in [3.05, 3.63) is 288 Å². The Hall–Kier alpha value is -12.2. The summed E-state index contributed by atoms with van der Waals surface area (Å²) in [6, 6.07) is 42.6. The molecule has 24 heterocycles. The van der Waals surface area contributed by atoms with Gasteiger partial charge in [-0.05, 0) is 255 Å². The number of fused-ring (bicyclic) bond motifs is 6. The number of hydrogen-bond acceptors (Lipinski definition) is 26. The van der Waals surface area contributed by atoms with Crippen molar-refractivity contribution in [3.8, 4) is 45.4 Å². The lowest BCUT2D eigenvalue weighted by atomic mass is 9.78. The van der Waals surface area contributed by atoms with E-state index in [4.69, 9.17) is 34.2 Å². The minimum atomic E-state index is -0.553. The molecular formula is C96H103BBr2F2N26O3.